The van der Waals surface area contributed by atoms with Gasteiger partial charge in [-0.2, -0.15) is 0 Å². The highest BCUT2D eigenvalue weighted by atomic mass is 79.9. The summed E-state index contributed by atoms with van der Waals surface area (Å²) in [7, 11) is 0. The third-order valence-corrected chi connectivity index (χ3v) is 3.00. The van der Waals surface area contributed by atoms with Crippen molar-refractivity contribution in [2.45, 2.75) is 25.8 Å². The second-order valence-electron chi connectivity index (χ2n) is 4.59. The summed E-state index contributed by atoms with van der Waals surface area (Å²) >= 11 is 3.40. The number of aliphatic hydroxyl groups is 1. The van der Waals surface area contributed by atoms with Gasteiger partial charge in [0, 0.05) is 23.2 Å². The molecule has 0 saturated carbocycles. The Morgan fingerprint density at radius 1 is 1.41 bits per heavy atom. The van der Waals surface area contributed by atoms with Crippen molar-refractivity contribution >= 4 is 15.9 Å². The number of nitrogens with one attached hydrogen (secondary N) is 1. The van der Waals surface area contributed by atoms with Crippen molar-refractivity contribution in [3.8, 4) is 5.75 Å². The van der Waals surface area contributed by atoms with E-state index in [0.29, 0.717) is 6.61 Å². The molecule has 1 rings (SSSR count). The second-order valence-corrected chi connectivity index (χ2v) is 5.51. The summed E-state index contributed by atoms with van der Waals surface area (Å²) in [5.74, 6) is 0.862. The number of benzene rings is 1. The van der Waals surface area contributed by atoms with Crippen LogP contribution < -0.4 is 10.1 Å². The van der Waals surface area contributed by atoms with E-state index in [-0.39, 0.29) is 12.1 Å². The lowest BCUT2D eigenvalue weighted by atomic mass is 10.0. The first-order valence-electron chi connectivity index (χ1n) is 5.78. The standard InChI is InChI=1S/C13H20BrNO2/c1-13(2,6-8-16)15-7-9-17-12-5-3-4-11(14)10-12/h3-5,10,15-16H,6-9H2,1-2H3. The summed E-state index contributed by atoms with van der Waals surface area (Å²) < 4.78 is 6.62. The van der Waals surface area contributed by atoms with E-state index in [9.17, 15) is 0 Å². The normalized spacial score (nSPS) is 11.5. The van der Waals surface area contributed by atoms with E-state index in [1.54, 1.807) is 0 Å². The lowest BCUT2D eigenvalue weighted by molar-refractivity contribution is 0.219. The average Bonchev–Trinajstić information content (AvgIpc) is 2.24. The zero-order chi connectivity index (χ0) is 12.7. The van der Waals surface area contributed by atoms with Crippen LogP contribution in [0.3, 0.4) is 0 Å². The first-order valence-corrected chi connectivity index (χ1v) is 6.57. The van der Waals surface area contributed by atoms with Gasteiger partial charge in [0.1, 0.15) is 12.4 Å². The molecule has 0 radical (unpaired) electrons. The average molecular weight is 302 g/mol. The van der Waals surface area contributed by atoms with Gasteiger partial charge in [0.2, 0.25) is 0 Å². The third-order valence-electron chi connectivity index (χ3n) is 2.51. The molecule has 0 saturated heterocycles. The number of hydrogen-bond acceptors (Lipinski definition) is 3. The van der Waals surface area contributed by atoms with Gasteiger partial charge < -0.3 is 15.2 Å². The van der Waals surface area contributed by atoms with E-state index >= 15 is 0 Å². The molecule has 0 fully saturated rings. The van der Waals surface area contributed by atoms with Gasteiger partial charge in [0.15, 0.2) is 0 Å². The molecular formula is C13H20BrNO2. The Balaban J connectivity index is 2.24. The molecule has 0 aliphatic rings. The van der Waals surface area contributed by atoms with Crippen molar-refractivity contribution in [3.63, 3.8) is 0 Å². The van der Waals surface area contributed by atoms with Gasteiger partial charge in [-0.15, -0.1) is 0 Å². The maximum absolute atomic E-state index is 8.89. The first-order chi connectivity index (χ1) is 8.03. The fourth-order valence-corrected chi connectivity index (χ4v) is 1.86. The highest BCUT2D eigenvalue weighted by Gasteiger charge is 2.15. The van der Waals surface area contributed by atoms with Crippen molar-refractivity contribution in [2.75, 3.05) is 19.8 Å². The maximum atomic E-state index is 8.89. The summed E-state index contributed by atoms with van der Waals surface area (Å²) in [6, 6.07) is 7.79. The van der Waals surface area contributed by atoms with Crippen LogP contribution in [0.2, 0.25) is 0 Å². The van der Waals surface area contributed by atoms with Gasteiger partial charge in [0.25, 0.3) is 0 Å². The summed E-state index contributed by atoms with van der Waals surface area (Å²) in [5, 5.41) is 12.2. The minimum Gasteiger partial charge on any atom is -0.492 e. The van der Waals surface area contributed by atoms with Crippen LogP contribution in [0, 0.1) is 0 Å². The van der Waals surface area contributed by atoms with E-state index in [1.165, 1.54) is 0 Å². The summed E-state index contributed by atoms with van der Waals surface area (Å²) in [4.78, 5) is 0. The molecule has 0 heterocycles. The zero-order valence-electron chi connectivity index (χ0n) is 10.4. The van der Waals surface area contributed by atoms with E-state index in [1.807, 2.05) is 24.3 Å². The van der Waals surface area contributed by atoms with E-state index in [4.69, 9.17) is 9.84 Å². The Bertz CT molecular complexity index is 342. The zero-order valence-corrected chi connectivity index (χ0v) is 12.0. The van der Waals surface area contributed by atoms with Crippen LogP contribution in [-0.2, 0) is 0 Å². The SMILES string of the molecule is CC(C)(CCO)NCCOc1cccc(Br)c1. The van der Waals surface area contributed by atoms with Crippen molar-refractivity contribution < 1.29 is 9.84 Å². The van der Waals surface area contributed by atoms with Crippen molar-refractivity contribution in [2.24, 2.45) is 0 Å². The summed E-state index contributed by atoms with van der Waals surface area (Å²) in [5.41, 5.74) is -0.0462. The van der Waals surface area contributed by atoms with Crippen LogP contribution >= 0.6 is 15.9 Å². The topological polar surface area (TPSA) is 41.5 Å². The summed E-state index contributed by atoms with van der Waals surface area (Å²) in [6.45, 7) is 5.72. The smallest absolute Gasteiger partial charge is 0.120 e. The van der Waals surface area contributed by atoms with Crippen molar-refractivity contribution in [3.05, 3.63) is 28.7 Å². The maximum Gasteiger partial charge on any atom is 0.120 e. The fraction of sp³-hybridized carbons (Fsp3) is 0.538. The molecule has 1 aromatic carbocycles. The lowest BCUT2D eigenvalue weighted by Gasteiger charge is -2.25. The third kappa shape index (κ3) is 6.05. The number of halogens is 1. The fourth-order valence-electron chi connectivity index (χ4n) is 1.48. The van der Waals surface area contributed by atoms with Crippen LogP contribution in [0.15, 0.2) is 28.7 Å². The van der Waals surface area contributed by atoms with Gasteiger partial charge >= 0.3 is 0 Å². The van der Waals surface area contributed by atoms with Gasteiger partial charge in [-0.05, 0) is 38.5 Å². The quantitative estimate of drug-likeness (QED) is 0.761. The minimum atomic E-state index is -0.0462. The molecule has 0 aliphatic heterocycles. The number of ether oxygens (including phenoxy) is 1. The largest absolute Gasteiger partial charge is 0.492 e. The molecule has 0 unspecified atom stereocenters. The monoisotopic (exact) mass is 301 g/mol. The molecule has 0 bridgehead atoms. The predicted molar refractivity (Wildman–Crippen MR) is 73.4 cm³/mol. The molecule has 1 aromatic rings. The number of rotatable bonds is 7. The van der Waals surface area contributed by atoms with Crippen LogP contribution in [0.25, 0.3) is 0 Å². The predicted octanol–water partition coefficient (Wildman–Crippen LogP) is 2.58. The van der Waals surface area contributed by atoms with Crippen molar-refractivity contribution in [1.82, 2.24) is 5.32 Å². The van der Waals surface area contributed by atoms with E-state index in [0.717, 1.165) is 23.2 Å². The highest BCUT2D eigenvalue weighted by molar-refractivity contribution is 9.10. The molecule has 3 nitrogen and oxygen atoms in total. The van der Waals surface area contributed by atoms with E-state index < -0.39 is 0 Å². The minimum absolute atomic E-state index is 0.0462. The second kappa shape index (κ2) is 6.99. The molecule has 4 heteroatoms. The Kier molecular flexibility index (Phi) is 5.95. The molecule has 0 spiro atoms. The molecular weight excluding hydrogens is 282 g/mol. The first kappa shape index (κ1) is 14.5. The molecule has 0 atom stereocenters. The Labute approximate surface area is 111 Å². The lowest BCUT2D eigenvalue weighted by Crippen LogP contribution is -2.42. The molecule has 0 aromatic heterocycles. The molecule has 2 N–H and O–H groups in total. The van der Waals surface area contributed by atoms with Gasteiger partial charge in [-0.1, -0.05) is 22.0 Å². The molecule has 17 heavy (non-hydrogen) atoms. The Morgan fingerprint density at radius 2 is 2.18 bits per heavy atom. The van der Waals surface area contributed by atoms with Crippen molar-refractivity contribution in [1.29, 1.82) is 0 Å². The van der Waals surface area contributed by atoms with Crippen LogP contribution in [0.1, 0.15) is 20.3 Å². The van der Waals surface area contributed by atoms with Crippen LogP contribution in [-0.4, -0.2) is 30.4 Å². The van der Waals surface area contributed by atoms with Crippen LogP contribution in [0.4, 0.5) is 0 Å². The number of aliphatic hydroxyl groups excluding tert-OH is 1. The van der Waals surface area contributed by atoms with Gasteiger partial charge in [-0.25, -0.2) is 0 Å². The molecule has 96 valence electrons. The Morgan fingerprint density at radius 3 is 2.82 bits per heavy atom. The highest BCUT2D eigenvalue weighted by Crippen LogP contribution is 2.17. The molecule has 0 amide bonds. The van der Waals surface area contributed by atoms with Crippen LogP contribution in [0.5, 0.6) is 5.75 Å². The number of hydrogen-bond donors (Lipinski definition) is 2. The summed E-state index contributed by atoms with van der Waals surface area (Å²) in [6.07, 6.45) is 0.740. The van der Waals surface area contributed by atoms with Gasteiger partial charge in [0.05, 0.1) is 0 Å². The Hall–Kier alpha value is -0.580. The van der Waals surface area contributed by atoms with E-state index in [2.05, 4.69) is 35.1 Å². The molecule has 0 aliphatic carbocycles. The van der Waals surface area contributed by atoms with Gasteiger partial charge in [-0.3, -0.25) is 0 Å².